The number of thiazole rings is 1. The molecule has 0 radical (unpaired) electrons. The Morgan fingerprint density at radius 2 is 1.87 bits per heavy atom. The highest BCUT2D eigenvalue weighted by molar-refractivity contribution is 7.22. The number of para-hydroxylation sites is 1. The van der Waals surface area contributed by atoms with E-state index in [4.69, 9.17) is 14.5 Å². The normalized spacial score (nSPS) is 16.4. The summed E-state index contributed by atoms with van der Waals surface area (Å²) >= 11 is 1.72. The van der Waals surface area contributed by atoms with Crippen LogP contribution in [0.3, 0.4) is 0 Å². The highest BCUT2D eigenvalue weighted by Crippen LogP contribution is 2.41. The lowest BCUT2D eigenvalue weighted by Crippen LogP contribution is -2.24. The molecule has 0 spiro atoms. The van der Waals surface area contributed by atoms with Gasteiger partial charge in [-0.25, -0.2) is 4.98 Å². The zero-order valence-electron chi connectivity index (χ0n) is 12.6. The molecule has 2 aliphatic heterocycles. The molecule has 5 rings (SSSR count). The van der Waals surface area contributed by atoms with Crippen LogP contribution in [0.5, 0.6) is 11.5 Å². The van der Waals surface area contributed by atoms with Gasteiger partial charge in [0.1, 0.15) is 13.2 Å². The van der Waals surface area contributed by atoms with E-state index in [1.807, 2.05) is 6.07 Å². The molecule has 0 unspecified atom stereocenters. The molecule has 0 bridgehead atoms. The van der Waals surface area contributed by atoms with Gasteiger partial charge in [0.05, 0.1) is 10.2 Å². The summed E-state index contributed by atoms with van der Waals surface area (Å²) in [6.07, 6.45) is 2.31. The molecule has 23 heavy (non-hydrogen) atoms. The Hall–Kier alpha value is -2.27. The van der Waals surface area contributed by atoms with E-state index < -0.39 is 0 Å². The van der Waals surface area contributed by atoms with Crippen LogP contribution in [-0.4, -0.2) is 24.7 Å². The quantitative estimate of drug-likeness (QED) is 0.673. The molecule has 116 valence electrons. The van der Waals surface area contributed by atoms with Crippen LogP contribution in [-0.2, 0) is 6.42 Å². The average molecular weight is 324 g/mol. The fourth-order valence-corrected chi connectivity index (χ4v) is 4.32. The summed E-state index contributed by atoms with van der Waals surface area (Å²) in [5, 5.41) is 1.05. The van der Waals surface area contributed by atoms with Gasteiger partial charge < -0.3 is 14.4 Å². The minimum Gasteiger partial charge on any atom is -0.486 e. The van der Waals surface area contributed by atoms with Crippen molar-refractivity contribution in [2.24, 2.45) is 0 Å². The van der Waals surface area contributed by atoms with Crippen molar-refractivity contribution < 1.29 is 9.47 Å². The number of benzene rings is 2. The third-order valence-corrected chi connectivity index (χ3v) is 5.42. The first-order chi connectivity index (χ1) is 11.4. The first-order valence-corrected chi connectivity index (χ1v) is 8.76. The van der Waals surface area contributed by atoms with Crippen molar-refractivity contribution in [2.75, 3.05) is 24.7 Å². The lowest BCUT2D eigenvalue weighted by molar-refractivity contribution is 0.172. The summed E-state index contributed by atoms with van der Waals surface area (Å²) in [6.45, 7) is 2.24. The highest BCUT2D eigenvalue weighted by atomic mass is 32.1. The van der Waals surface area contributed by atoms with Gasteiger partial charge in [-0.15, -0.1) is 0 Å². The van der Waals surface area contributed by atoms with Crippen molar-refractivity contribution in [2.45, 2.75) is 12.8 Å². The predicted molar refractivity (Wildman–Crippen MR) is 92.4 cm³/mol. The monoisotopic (exact) mass is 324 g/mol. The molecule has 3 heterocycles. The van der Waals surface area contributed by atoms with Gasteiger partial charge in [-0.2, -0.15) is 0 Å². The van der Waals surface area contributed by atoms with Gasteiger partial charge in [0, 0.05) is 24.4 Å². The molecule has 0 fully saturated rings. The van der Waals surface area contributed by atoms with Crippen molar-refractivity contribution >= 4 is 32.4 Å². The van der Waals surface area contributed by atoms with Gasteiger partial charge in [-0.05, 0) is 24.5 Å². The van der Waals surface area contributed by atoms with Gasteiger partial charge in [0.2, 0.25) is 0 Å². The topological polar surface area (TPSA) is 34.6 Å². The van der Waals surface area contributed by atoms with Gasteiger partial charge in [0.15, 0.2) is 16.6 Å². The van der Waals surface area contributed by atoms with Crippen LogP contribution in [0.4, 0.5) is 10.8 Å². The molecule has 5 heteroatoms. The molecule has 0 atom stereocenters. The second-order valence-corrected chi connectivity index (χ2v) is 6.85. The number of ether oxygens (including phenoxy) is 2. The number of anilines is 2. The zero-order valence-corrected chi connectivity index (χ0v) is 13.4. The Morgan fingerprint density at radius 3 is 2.78 bits per heavy atom. The van der Waals surface area contributed by atoms with Gasteiger partial charge in [-0.1, -0.05) is 29.5 Å². The summed E-state index contributed by atoms with van der Waals surface area (Å²) in [5.41, 5.74) is 3.68. The number of nitrogens with zero attached hydrogens (tertiary/aromatic N) is 2. The summed E-state index contributed by atoms with van der Waals surface area (Å²) in [4.78, 5) is 7.19. The van der Waals surface area contributed by atoms with Crippen LogP contribution in [0.15, 0.2) is 36.4 Å². The maximum Gasteiger partial charge on any atom is 0.190 e. The van der Waals surface area contributed by atoms with E-state index in [0.29, 0.717) is 13.2 Å². The number of hydrogen-bond acceptors (Lipinski definition) is 5. The SMILES string of the molecule is c1ccc2c(c1)CCCN2c1nc2cc3c(cc2s1)OCCO3. The van der Waals surface area contributed by atoms with Gasteiger partial charge >= 0.3 is 0 Å². The fourth-order valence-electron chi connectivity index (χ4n) is 3.30. The first kappa shape index (κ1) is 13.2. The standard InChI is InChI=1S/C18H16N2O2S/c1-2-6-14-12(4-1)5-3-7-20(14)18-19-13-10-15-16(11-17(13)23-18)22-9-8-21-15/h1-2,4,6,10-11H,3,5,7-9H2. The van der Waals surface area contributed by atoms with Crippen molar-refractivity contribution in [3.63, 3.8) is 0 Å². The summed E-state index contributed by atoms with van der Waals surface area (Å²) in [6, 6.07) is 12.7. The molecule has 0 saturated heterocycles. The van der Waals surface area contributed by atoms with E-state index in [9.17, 15) is 0 Å². The van der Waals surface area contributed by atoms with Crippen molar-refractivity contribution in [1.29, 1.82) is 0 Å². The second-order valence-electron chi connectivity index (χ2n) is 5.84. The van der Waals surface area contributed by atoms with Crippen LogP contribution in [0.25, 0.3) is 10.2 Å². The largest absolute Gasteiger partial charge is 0.486 e. The maximum absolute atomic E-state index is 5.68. The number of rotatable bonds is 1. The molecule has 0 saturated carbocycles. The van der Waals surface area contributed by atoms with Gasteiger partial charge in [0.25, 0.3) is 0 Å². The molecule has 0 N–H and O–H groups in total. The minimum atomic E-state index is 0.606. The average Bonchev–Trinajstić information content (AvgIpc) is 3.01. The van der Waals surface area contributed by atoms with E-state index >= 15 is 0 Å². The van der Waals surface area contributed by atoms with Crippen LogP contribution < -0.4 is 14.4 Å². The maximum atomic E-state index is 5.68. The molecule has 2 aliphatic rings. The summed E-state index contributed by atoms with van der Waals surface area (Å²) in [5.74, 6) is 1.64. The Kier molecular flexibility index (Phi) is 2.94. The van der Waals surface area contributed by atoms with E-state index in [1.165, 1.54) is 11.3 Å². The molecule has 0 amide bonds. The Balaban J connectivity index is 1.61. The molecule has 1 aromatic heterocycles. The third kappa shape index (κ3) is 2.15. The van der Waals surface area contributed by atoms with Crippen molar-refractivity contribution in [3.8, 4) is 11.5 Å². The Morgan fingerprint density at radius 1 is 1.04 bits per heavy atom. The molecule has 0 aliphatic carbocycles. The smallest absolute Gasteiger partial charge is 0.190 e. The molecule has 3 aromatic rings. The van der Waals surface area contributed by atoms with Crippen molar-refractivity contribution in [3.05, 3.63) is 42.0 Å². The second kappa shape index (κ2) is 5.13. The van der Waals surface area contributed by atoms with E-state index in [0.717, 1.165) is 46.2 Å². The molecule has 2 aromatic carbocycles. The number of aryl methyl sites for hydroxylation is 1. The van der Waals surface area contributed by atoms with Crippen LogP contribution in [0.2, 0.25) is 0 Å². The summed E-state index contributed by atoms with van der Waals surface area (Å²) < 4.78 is 12.5. The van der Waals surface area contributed by atoms with E-state index in [1.54, 1.807) is 11.3 Å². The lowest BCUT2D eigenvalue weighted by Gasteiger charge is -2.28. The Bertz CT molecular complexity index is 847. The number of aromatic nitrogens is 1. The van der Waals surface area contributed by atoms with Crippen LogP contribution >= 0.6 is 11.3 Å². The first-order valence-electron chi connectivity index (χ1n) is 7.94. The predicted octanol–water partition coefficient (Wildman–Crippen LogP) is 4.15. The third-order valence-electron chi connectivity index (χ3n) is 4.38. The van der Waals surface area contributed by atoms with E-state index in [2.05, 4.69) is 35.2 Å². The number of hydrogen-bond donors (Lipinski definition) is 0. The van der Waals surface area contributed by atoms with Crippen LogP contribution in [0.1, 0.15) is 12.0 Å². The fraction of sp³-hybridized carbons (Fsp3) is 0.278. The number of fused-ring (bicyclic) bond motifs is 3. The zero-order chi connectivity index (χ0) is 15.2. The van der Waals surface area contributed by atoms with E-state index in [-0.39, 0.29) is 0 Å². The van der Waals surface area contributed by atoms with Crippen molar-refractivity contribution in [1.82, 2.24) is 4.98 Å². The van der Waals surface area contributed by atoms with Gasteiger partial charge in [-0.3, -0.25) is 0 Å². The lowest BCUT2D eigenvalue weighted by atomic mass is 10.0. The molecular formula is C18H16N2O2S. The molecule has 4 nitrogen and oxygen atoms in total. The summed E-state index contributed by atoms with van der Waals surface area (Å²) in [7, 11) is 0. The van der Waals surface area contributed by atoms with Crippen LogP contribution in [0, 0.1) is 0 Å². The highest BCUT2D eigenvalue weighted by Gasteiger charge is 2.22. The Labute approximate surface area is 138 Å². The molecular weight excluding hydrogens is 308 g/mol. The minimum absolute atomic E-state index is 0.606.